The van der Waals surface area contributed by atoms with Gasteiger partial charge < -0.3 is 30.3 Å². The third-order valence-electron chi connectivity index (χ3n) is 5.30. The molecule has 0 aliphatic carbocycles. The van der Waals surface area contributed by atoms with Gasteiger partial charge in [-0.25, -0.2) is 9.59 Å². The second-order valence-corrected chi connectivity index (χ2v) is 8.36. The van der Waals surface area contributed by atoms with Crippen molar-refractivity contribution in [1.82, 2.24) is 4.90 Å². The first-order chi connectivity index (χ1) is 19.6. The van der Waals surface area contributed by atoms with E-state index in [1.165, 1.54) is 49.5 Å². The number of carbonyl (C=O) groups excluding carboxylic acids is 2. The van der Waals surface area contributed by atoms with Crippen LogP contribution < -0.4 is 20.1 Å². The van der Waals surface area contributed by atoms with Gasteiger partial charge in [0.25, 0.3) is 0 Å². The molecule has 0 saturated heterocycles. The van der Waals surface area contributed by atoms with Gasteiger partial charge >= 0.3 is 23.3 Å². The maximum absolute atomic E-state index is 12.7. The molecule has 0 radical (unpaired) electrons. The normalized spacial score (nSPS) is 10.0. The van der Waals surface area contributed by atoms with Gasteiger partial charge in [0.05, 0.1) is 37.2 Å². The molecule has 0 atom stereocenters. The van der Waals surface area contributed by atoms with Crippen molar-refractivity contribution in [2.75, 3.05) is 44.5 Å². The minimum Gasteiger partial charge on any atom is -0.490 e. The van der Waals surface area contributed by atoms with Crippen LogP contribution in [0.4, 0.5) is 22.7 Å². The van der Waals surface area contributed by atoms with Crippen molar-refractivity contribution >= 4 is 46.5 Å². The van der Waals surface area contributed by atoms with E-state index in [4.69, 9.17) is 29.3 Å². The SMILES string of the molecule is C=CCN(CC(=O)Nc1cc(OC)c([N+](=O)[O-])cc1C)CC(=O)Nc1cc(OC)c([N+](=O)[O-])cc1C.O=C(O)C(=O)O. The van der Waals surface area contributed by atoms with E-state index in [-0.39, 0.29) is 42.5 Å². The number of carbonyl (C=O) groups is 4. The van der Waals surface area contributed by atoms with Gasteiger partial charge in [-0.3, -0.25) is 34.7 Å². The maximum Gasteiger partial charge on any atom is 0.414 e. The number of anilines is 2. The molecule has 4 N–H and O–H groups in total. The fraction of sp³-hybridized carbons (Fsp3) is 0.280. The van der Waals surface area contributed by atoms with E-state index in [1.807, 2.05) is 0 Å². The van der Waals surface area contributed by atoms with E-state index in [0.29, 0.717) is 22.5 Å². The Morgan fingerprint density at radius 2 is 1.19 bits per heavy atom. The molecular weight excluding hydrogens is 562 g/mol. The molecule has 0 bridgehead atoms. The molecule has 42 heavy (non-hydrogen) atoms. The predicted octanol–water partition coefficient (Wildman–Crippen LogP) is 2.36. The monoisotopic (exact) mass is 591 g/mol. The number of benzene rings is 2. The molecule has 0 fully saturated rings. The predicted molar refractivity (Wildman–Crippen MR) is 148 cm³/mol. The lowest BCUT2D eigenvalue weighted by atomic mass is 10.1. The quantitative estimate of drug-likeness (QED) is 0.120. The molecule has 0 unspecified atom stereocenters. The van der Waals surface area contributed by atoms with E-state index in [1.54, 1.807) is 13.8 Å². The Bertz CT molecular complexity index is 1290. The number of carboxylic acid groups (broad SMARTS) is 2. The Morgan fingerprint density at radius 1 is 0.833 bits per heavy atom. The highest BCUT2D eigenvalue weighted by Gasteiger charge is 2.21. The Balaban J connectivity index is 0.00000132. The third kappa shape index (κ3) is 10.2. The number of carboxylic acids is 2. The second-order valence-electron chi connectivity index (χ2n) is 8.36. The molecule has 2 amide bonds. The Kier molecular flexibility index (Phi) is 13.0. The van der Waals surface area contributed by atoms with Gasteiger partial charge in [0.1, 0.15) is 0 Å². The van der Waals surface area contributed by atoms with Gasteiger partial charge in [0, 0.05) is 42.2 Å². The number of rotatable bonds is 12. The average Bonchev–Trinajstić information content (AvgIpc) is 2.90. The molecule has 226 valence electrons. The molecule has 0 heterocycles. The first-order valence-corrected chi connectivity index (χ1v) is 11.7. The van der Waals surface area contributed by atoms with Gasteiger partial charge in [0.2, 0.25) is 11.8 Å². The lowest BCUT2D eigenvalue weighted by molar-refractivity contribution is -0.385. The zero-order chi connectivity index (χ0) is 32.1. The molecular formula is C25H29N5O12. The molecule has 2 aromatic rings. The van der Waals surface area contributed by atoms with Crippen molar-refractivity contribution in [1.29, 1.82) is 0 Å². The number of nitro benzene ring substituents is 2. The number of hydrogen-bond donors (Lipinski definition) is 4. The molecule has 0 spiro atoms. The number of nitro groups is 2. The number of ether oxygens (including phenoxy) is 2. The van der Waals surface area contributed by atoms with Gasteiger partial charge in [-0.15, -0.1) is 6.58 Å². The van der Waals surface area contributed by atoms with Crippen LogP contribution in [0.1, 0.15) is 11.1 Å². The van der Waals surface area contributed by atoms with Gasteiger partial charge in [-0.1, -0.05) is 6.08 Å². The lowest BCUT2D eigenvalue weighted by Crippen LogP contribution is -2.39. The van der Waals surface area contributed by atoms with Crippen molar-refractivity contribution in [2.45, 2.75) is 13.8 Å². The van der Waals surface area contributed by atoms with Crippen molar-refractivity contribution in [3.63, 3.8) is 0 Å². The molecule has 0 saturated carbocycles. The number of nitrogens with one attached hydrogen (secondary N) is 2. The summed E-state index contributed by atoms with van der Waals surface area (Å²) >= 11 is 0. The number of aliphatic carboxylic acids is 2. The minimum absolute atomic E-state index is 0.00267. The van der Waals surface area contributed by atoms with E-state index in [9.17, 15) is 29.8 Å². The highest BCUT2D eigenvalue weighted by atomic mass is 16.6. The topological polar surface area (TPSA) is 241 Å². The number of nitrogens with zero attached hydrogens (tertiary/aromatic N) is 3. The summed E-state index contributed by atoms with van der Waals surface area (Å²) < 4.78 is 10.1. The summed E-state index contributed by atoms with van der Waals surface area (Å²) in [6.45, 7) is 6.72. The largest absolute Gasteiger partial charge is 0.490 e. The lowest BCUT2D eigenvalue weighted by Gasteiger charge is -2.20. The summed E-state index contributed by atoms with van der Waals surface area (Å²) in [5.41, 5.74) is 1.14. The fourth-order valence-electron chi connectivity index (χ4n) is 3.38. The summed E-state index contributed by atoms with van der Waals surface area (Å²) in [5, 5.41) is 42.5. The van der Waals surface area contributed by atoms with Gasteiger partial charge in [-0.05, 0) is 25.0 Å². The van der Waals surface area contributed by atoms with Crippen LogP contribution in [0.5, 0.6) is 11.5 Å². The molecule has 0 aliphatic rings. The van der Waals surface area contributed by atoms with Crippen LogP contribution in [-0.4, -0.2) is 82.6 Å². The number of aryl methyl sites for hydroxylation is 2. The standard InChI is InChI=1S/C23H27N5O8.C2H2O4/c1-6-7-26(12-22(29)24-16-10-20(35-4)18(27(31)32)8-14(16)2)13-23(30)25-17-11-21(36-5)19(28(33)34)9-15(17)3;3-1(4)2(5)6/h6,8-11H,1,7,12-13H2,2-5H3,(H,24,29)(H,25,30);(H,3,4)(H,5,6). The summed E-state index contributed by atoms with van der Waals surface area (Å²) in [4.78, 5) is 66.2. The maximum atomic E-state index is 12.7. The van der Waals surface area contributed by atoms with Crippen LogP contribution in [0, 0.1) is 34.1 Å². The average molecular weight is 592 g/mol. The van der Waals surface area contributed by atoms with Crippen LogP contribution in [0.2, 0.25) is 0 Å². The molecule has 0 aromatic heterocycles. The van der Waals surface area contributed by atoms with Crippen LogP contribution in [-0.2, 0) is 19.2 Å². The van der Waals surface area contributed by atoms with Crippen molar-refractivity contribution in [3.8, 4) is 11.5 Å². The fourth-order valence-corrected chi connectivity index (χ4v) is 3.38. The van der Waals surface area contributed by atoms with Gasteiger partial charge in [-0.2, -0.15) is 0 Å². The summed E-state index contributed by atoms with van der Waals surface area (Å²) in [5.74, 6) is -4.58. The molecule has 17 nitrogen and oxygen atoms in total. The Labute approximate surface area is 238 Å². The Morgan fingerprint density at radius 3 is 1.45 bits per heavy atom. The smallest absolute Gasteiger partial charge is 0.414 e. The highest BCUT2D eigenvalue weighted by Crippen LogP contribution is 2.33. The third-order valence-corrected chi connectivity index (χ3v) is 5.30. The van der Waals surface area contributed by atoms with Crippen molar-refractivity contribution in [3.05, 3.63) is 68.3 Å². The van der Waals surface area contributed by atoms with E-state index >= 15 is 0 Å². The van der Waals surface area contributed by atoms with Crippen LogP contribution >= 0.6 is 0 Å². The van der Waals surface area contributed by atoms with Crippen molar-refractivity contribution < 1.29 is 48.7 Å². The van der Waals surface area contributed by atoms with Gasteiger partial charge in [0.15, 0.2) is 11.5 Å². The molecule has 17 heteroatoms. The first-order valence-electron chi connectivity index (χ1n) is 11.7. The van der Waals surface area contributed by atoms with Crippen molar-refractivity contribution in [2.24, 2.45) is 0 Å². The zero-order valence-electron chi connectivity index (χ0n) is 23.0. The second kappa shape index (κ2) is 15.9. The van der Waals surface area contributed by atoms with Crippen LogP contribution in [0.25, 0.3) is 0 Å². The molecule has 0 aliphatic heterocycles. The number of amides is 2. The Hall–Kier alpha value is -5.58. The van der Waals surface area contributed by atoms with E-state index in [0.717, 1.165) is 0 Å². The summed E-state index contributed by atoms with van der Waals surface area (Å²) in [6, 6.07) is 5.32. The van der Waals surface area contributed by atoms with Crippen LogP contribution in [0.3, 0.4) is 0 Å². The highest BCUT2D eigenvalue weighted by molar-refractivity contribution is 6.27. The van der Waals surface area contributed by atoms with E-state index in [2.05, 4.69) is 17.2 Å². The zero-order valence-corrected chi connectivity index (χ0v) is 23.0. The number of methoxy groups -OCH3 is 2. The summed E-state index contributed by atoms with van der Waals surface area (Å²) in [6.07, 6.45) is 1.53. The first kappa shape index (κ1) is 34.4. The van der Waals surface area contributed by atoms with E-state index < -0.39 is 33.6 Å². The minimum atomic E-state index is -1.82. The summed E-state index contributed by atoms with van der Waals surface area (Å²) in [7, 11) is 2.58. The molecule has 2 rings (SSSR count). The van der Waals surface area contributed by atoms with Crippen LogP contribution in [0.15, 0.2) is 36.9 Å². The number of hydrogen-bond acceptors (Lipinski definition) is 11. The molecule has 2 aromatic carbocycles.